The first-order valence-corrected chi connectivity index (χ1v) is 10.2. The van der Waals surface area contributed by atoms with E-state index in [1.54, 1.807) is 7.05 Å². The van der Waals surface area contributed by atoms with Crippen molar-refractivity contribution in [2.45, 2.75) is 26.4 Å². The van der Waals surface area contributed by atoms with Gasteiger partial charge in [0.25, 0.3) is 5.91 Å². The smallest absolute Gasteiger partial charge is 0.273 e. The molecule has 3 rings (SSSR count). The normalized spacial score (nSPS) is 18.7. The van der Waals surface area contributed by atoms with Gasteiger partial charge in [-0.05, 0) is 43.4 Å². The van der Waals surface area contributed by atoms with Crippen LogP contribution in [0.4, 0.5) is 0 Å². The molecule has 0 bridgehead atoms. The van der Waals surface area contributed by atoms with Gasteiger partial charge in [-0.1, -0.05) is 58.3 Å². The van der Waals surface area contributed by atoms with E-state index in [-0.39, 0.29) is 18.2 Å². The highest BCUT2D eigenvalue weighted by atomic mass is 35.5. The number of oxime groups is 2. The number of rotatable bonds is 9. The molecular weight excluding hydrogens is 402 g/mol. The molecule has 0 aromatic heterocycles. The molecule has 7 heteroatoms. The molecule has 2 aromatic carbocycles. The predicted octanol–water partition coefficient (Wildman–Crippen LogP) is 4.21. The Morgan fingerprint density at radius 3 is 2.60 bits per heavy atom. The number of likely N-dealkylation sites (N-methyl/N-ethyl adjacent to an activating group) is 1. The molecule has 2 aromatic rings. The van der Waals surface area contributed by atoms with Crippen molar-refractivity contribution in [2.24, 2.45) is 22.1 Å². The molecule has 1 saturated carbocycles. The average molecular weight is 428 g/mol. The fraction of sp³-hybridized carbons (Fsp3) is 0.348. The summed E-state index contributed by atoms with van der Waals surface area (Å²) in [5.74, 6) is 0.693. The Kier molecular flexibility index (Phi) is 7.46. The second-order valence-corrected chi connectivity index (χ2v) is 7.73. The Morgan fingerprint density at radius 1 is 1.17 bits per heavy atom. The van der Waals surface area contributed by atoms with Crippen LogP contribution in [0, 0.1) is 11.8 Å². The Morgan fingerprint density at radius 2 is 1.90 bits per heavy atom. The van der Waals surface area contributed by atoms with Crippen molar-refractivity contribution in [2.75, 3.05) is 14.2 Å². The van der Waals surface area contributed by atoms with Crippen molar-refractivity contribution in [3.63, 3.8) is 0 Å². The highest BCUT2D eigenvalue weighted by Crippen LogP contribution is 2.42. The lowest BCUT2D eigenvalue weighted by molar-refractivity contribution is -0.114. The van der Waals surface area contributed by atoms with Crippen LogP contribution in [0.25, 0.3) is 0 Å². The number of carbonyl (C=O) groups is 1. The first-order chi connectivity index (χ1) is 14.5. The van der Waals surface area contributed by atoms with E-state index in [0.717, 1.165) is 29.1 Å². The summed E-state index contributed by atoms with van der Waals surface area (Å²) in [6.45, 7) is 2.24. The Balaban J connectivity index is 1.60. The zero-order valence-corrected chi connectivity index (χ0v) is 18.1. The van der Waals surface area contributed by atoms with E-state index in [0.29, 0.717) is 17.4 Å². The van der Waals surface area contributed by atoms with Gasteiger partial charge in [0.15, 0.2) is 5.71 Å². The van der Waals surface area contributed by atoms with Gasteiger partial charge in [0.2, 0.25) is 0 Å². The fourth-order valence-electron chi connectivity index (χ4n) is 3.48. The maximum Gasteiger partial charge on any atom is 0.273 e. The minimum absolute atomic E-state index is 0.199. The SMILES string of the molecule is CNC(=O)/C(=N/OC)c1ccccc1CO/N=C(\C)C1CC1Cc1ccc(Cl)cc1. The van der Waals surface area contributed by atoms with E-state index in [4.69, 9.17) is 21.3 Å². The summed E-state index contributed by atoms with van der Waals surface area (Å²) in [6, 6.07) is 15.4. The zero-order chi connectivity index (χ0) is 21.5. The van der Waals surface area contributed by atoms with Crippen molar-refractivity contribution in [3.05, 3.63) is 70.2 Å². The third-order valence-corrected chi connectivity index (χ3v) is 5.45. The molecule has 0 heterocycles. The summed E-state index contributed by atoms with van der Waals surface area (Å²) in [6.07, 6.45) is 2.12. The molecule has 1 N–H and O–H groups in total. The van der Waals surface area contributed by atoms with E-state index in [2.05, 4.69) is 27.8 Å². The topological polar surface area (TPSA) is 72.3 Å². The number of benzene rings is 2. The summed E-state index contributed by atoms with van der Waals surface area (Å²) < 4.78 is 0. The van der Waals surface area contributed by atoms with Gasteiger partial charge in [-0.3, -0.25) is 4.79 Å². The molecule has 0 aliphatic heterocycles. The molecule has 2 atom stereocenters. The van der Waals surface area contributed by atoms with Crippen LogP contribution in [0.15, 0.2) is 58.8 Å². The Hall–Kier alpha value is -2.86. The van der Waals surface area contributed by atoms with Crippen LogP contribution < -0.4 is 5.32 Å². The molecular formula is C23H26ClN3O3. The van der Waals surface area contributed by atoms with Crippen LogP contribution in [-0.2, 0) is 27.5 Å². The van der Waals surface area contributed by atoms with Gasteiger partial charge in [0.1, 0.15) is 13.7 Å². The number of halogens is 1. The molecule has 1 fully saturated rings. The predicted molar refractivity (Wildman–Crippen MR) is 119 cm³/mol. The number of carbonyl (C=O) groups excluding carboxylic acids is 1. The van der Waals surface area contributed by atoms with Crippen LogP contribution in [0.5, 0.6) is 0 Å². The molecule has 1 aliphatic rings. The number of nitrogens with zero attached hydrogens (tertiary/aromatic N) is 2. The minimum Gasteiger partial charge on any atom is -0.398 e. The molecule has 0 saturated heterocycles. The van der Waals surface area contributed by atoms with Gasteiger partial charge >= 0.3 is 0 Å². The quantitative estimate of drug-likeness (QED) is 0.481. The number of hydrogen-bond acceptors (Lipinski definition) is 5. The highest BCUT2D eigenvalue weighted by molar-refractivity contribution is 6.45. The Labute approximate surface area is 181 Å². The summed E-state index contributed by atoms with van der Waals surface area (Å²) in [7, 11) is 2.96. The van der Waals surface area contributed by atoms with E-state index < -0.39 is 0 Å². The van der Waals surface area contributed by atoms with Gasteiger partial charge in [0, 0.05) is 29.1 Å². The molecule has 6 nitrogen and oxygen atoms in total. The number of hydrogen-bond donors (Lipinski definition) is 1. The van der Waals surface area contributed by atoms with Crippen molar-refractivity contribution in [1.82, 2.24) is 5.32 Å². The molecule has 30 heavy (non-hydrogen) atoms. The van der Waals surface area contributed by atoms with Crippen LogP contribution in [0.3, 0.4) is 0 Å². The second-order valence-electron chi connectivity index (χ2n) is 7.30. The summed E-state index contributed by atoms with van der Waals surface area (Å²) in [5, 5.41) is 11.5. The van der Waals surface area contributed by atoms with Gasteiger partial charge in [-0.15, -0.1) is 0 Å². The largest absolute Gasteiger partial charge is 0.398 e. The molecule has 0 radical (unpaired) electrons. The van der Waals surface area contributed by atoms with E-state index in [1.165, 1.54) is 12.7 Å². The zero-order valence-electron chi connectivity index (χ0n) is 17.4. The van der Waals surface area contributed by atoms with Gasteiger partial charge in [0.05, 0.1) is 5.71 Å². The maximum absolute atomic E-state index is 12.1. The minimum atomic E-state index is -0.327. The average Bonchev–Trinajstić information content (AvgIpc) is 3.53. The molecule has 1 aliphatic carbocycles. The van der Waals surface area contributed by atoms with Gasteiger partial charge in [-0.2, -0.15) is 0 Å². The van der Waals surface area contributed by atoms with Crippen LogP contribution in [0.2, 0.25) is 5.02 Å². The van der Waals surface area contributed by atoms with Crippen LogP contribution in [-0.4, -0.2) is 31.5 Å². The van der Waals surface area contributed by atoms with Crippen LogP contribution in [0.1, 0.15) is 30.0 Å². The second kappa shape index (κ2) is 10.3. The maximum atomic E-state index is 12.1. The lowest BCUT2D eigenvalue weighted by Crippen LogP contribution is -2.29. The van der Waals surface area contributed by atoms with E-state index in [9.17, 15) is 4.79 Å². The molecule has 158 valence electrons. The van der Waals surface area contributed by atoms with Crippen molar-refractivity contribution in [1.29, 1.82) is 0 Å². The van der Waals surface area contributed by atoms with Crippen LogP contribution >= 0.6 is 11.6 Å². The highest BCUT2D eigenvalue weighted by Gasteiger charge is 2.39. The third-order valence-electron chi connectivity index (χ3n) is 5.20. The van der Waals surface area contributed by atoms with E-state index in [1.807, 2.05) is 43.3 Å². The number of amides is 1. The van der Waals surface area contributed by atoms with Crippen molar-refractivity contribution < 1.29 is 14.5 Å². The fourth-order valence-corrected chi connectivity index (χ4v) is 3.61. The standard InChI is InChI=1S/C23H26ClN3O3/c1-15(21-13-18(21)12-16-8-10-19(24)11-9-16)26-30-14-17-6-4-5-7-20(17)22(27-29-3)23(28)25-2/h4-11,18,21H,12-14H2,1-3H3,(H,25,28)/b26-15+,27-22+. The molecule has 0 spiro atoms. The summed E-state index contributed by atoms with van der Waals surface area (Å²) in [4.78, 5) is 22.6. The lowest BCUT2D eigenvalue weighted by atomic mass is 10.0. The molecule has 1 amide bonds. The van der Waals surface area contributed by atoms with Gasteiger partial charge < -0.3 is 15.0 Å². The Bertz CT molecular complexity index is 941. The van der Waals surface area contributed by atoms with Crippen molar-refractivity contribution in [3.8, 4) is 0 Å². The van der Waals surface area contributed by atoms with E-state index >= 15 is 0 Å². The first-order valence-electron chi connectivity index (χ1n) is 9.85. The monoisotopic (exact) mass is 427 g/mol. The summed E-state index contributed by atoms with van der Waals surface area (Å²) >= 11 is 5.95. The molecule has 2 unspecified atom stereocenters. The van der Waals surface area contributed by atoms with Gasteiger partial charge in [-0.25, -0.2) is 0 Å². The van der Waals surface area contributed by atoms with Crippen molar-refractivity contribution >= 4 is 28.9 Å². The lowest BCUT2D eigenvalue weighted by Gasteiger charge is -2.10. The third kappa shape index (κ3) is 5.60. The summed E-state index contributed by atoms with van der Waals surface area (Å²) in [5.41, 5.74) is 3.93. The first kappa shape index (κ1) is 21.8. The number of nitrogens with one attached hydrogen (secondary N) is 1.